The van der Waals surface area contributed by atoms with Gasteiger partial charge in [0.15, 0.2) is 0 Å². The summed E-state index contributed by atoms with van der Waals surface area (Å²) in [6, 6.07) is 11.5. The Morgan fingerprint density at radius 2 is 1.43 bits per heavy atom. The van der Waals surface area contributed by atoms with Crippen molar-refractivity contribution in [2.45, 2.75) is 50.9 Å². The van der Waals surface area contributed by atoms with Crippen LogP contribution in [-0.2, 0) is 22.7 Å². The maximum atomic E-state index is 12.1. The Morgan fingerprint density at radius 1 is 0.857 bits per heavy atom. The fraction of sp³-hybridized carbons (Fsp3) is 0.371. The van der Waals surface area contributed by atoms with Gasteiger partial charge in [-0.3, -0.25) is 19.6 Å². The molecule has 2 aliphatic rings. The lowest BCUT2D eigenvalue weighted by Gasteiger charge is -2.29. The van der Waals surface area contributed by atoms with E-state index in [9.17, 15) is 9.59 Å². The van der Waals surface area contributed by atoms with Gasteiger partial charge in [0.2, 0.25) is 23.6 Å². The topological polar surface area (TPSA) is 143 Å². The number of halogens is 2. The van der Waals surface area contributed by atoms with Crippen molar-refractivity contribution in [2.24, 2.45) is 0 Å². The molecule has 2 aromatic carbocycles. The second-order valence-corrected chi connectivity index (χ2v) is 12.8. The number of hydrogen-bond donors (Lipinski definition) is 3. The number of rotatable bonds is 12. The van der Waals surface area contributed by atoms with Gasteiger partial charge in [-0.05, 0) is 12.8 Å². The molecule has 49 heavy (non-hydrogen) atoms. The summed E-state index contributed by atoms with van der Waals surface area (Å²) in [5, 5.41) is 10.6. The predicted molar refractivity (Wildman–Crippen MR) is 187 cm³/mol. The van der Waals surface area contributed by atoms with E-state index in [0.29, 0.717) is 99.3 Å². The summed E-state index contributed by atoms with van der Waals surface area (Å²) in [6.45, 7) is 2.20. The van der Waals surface area contributed by atoms with Crippen LogP contribution in [0.25, 0.3) is 33.6 Å². The first kappa shape index (κ1) is 34.5. The number of amides is 2. The van der Waals surface area contributed by atoms with E-state index in [2.05, 4.69) is 25.9 Å². The molecule has 12 nitrogen and oxygen atoms in total. The molecule has 2 aromatic heterocycles. The number of carbonyl (C=O) groups is 2. The van der Waals surface area contributed by atoms with Crippen LogP contribution >= 0.6 is 23.2 Å². The Morgan fingerprint density at radius 3 is 1.96 bits per heavy atom. The van der Waals surface area contributed by atoms with E-state index in [4.69, 9.17) is 42.6 Å². The molecule has 4 heterocycles. The number of piperidine rings is 1. The van der Waals surface area contributed by atoms with Crippen LogP contribution in [0.2, 0.25) is 10.0 Å². The van der Waals surface area contributed by atoms with Gasteiger partial charge in [0.1, 0.15) is 11.4 Å². The van der Waals surface area contributed by atoms with Gasteiger partial charge in [0.05, 0.1) is 48.0 Å². The molecule has 0 bridgehead atoms. The number of nitrogens with one attached hydrogen (secondary N) is 3. The van der Waals surface area contributed by atoms with Crippen molar-refractivity contribution in [3.8, 4) is 45.4 Å². The highest BCUT2D eigenvalue weighted by atomic mass is 35.5. The van der Waals surface area contributed by atoms with Crippen LogP contribution in [0.15, 0.2) is 48.8 Å². The molecule has 2 amide bonds. The summed E-state index contributed by atoms with van der Waals surface area (Å²) in [6.07, 6.45) is 6.02. The minimum Gasteiger partial charge on any atom is -0.480 e. The molecule has 0 saturated carbocycles. The zero-order valence-electron chi connectivity index (χ0n) is 27.6. The molecule has 256 valence electrons. The summed E-state index contributed by atoms with van der Waals surface area (Å²) >= 11 is 14.1. The van der Waals surface area contributed by atoms with Crippen molar-refractivity contribution >= 4 is 35.0 Å². The van der Waals surface area contributed by atoms with Gasteiger partial charge in [-0.25, -0.2) is 9.97 Å². The molecule has 14 heteroatoms. The SMILES string of the molecule is COc1nc(-c2cccc(-c3cccc(-c4cnc(CNC5CCN(C)C(=O)C5)c(OC)n4)c3Cl)c2Cl)cnc1CNC[C@@H]1CCC(=O)N1. The number of likely N-dealkylation sites (tertiary alicyclic amines) is 1. The summed E-state index contributed by atoms with van der Waals surface area (Å²) in [7, 11) is 4.93. The van der Waals surface area contributed by atoms with Gasteiger partial charge >= 0.3 is 0 Å². The third kappa shape index (κ3) is 7.78. The van der Waals surface area contributed by atoms with Crippen LogP contribution in [0, 0.1) is 0 Å². The molecule has 0 aliphatic carbocycles. The molecule has 2 fully saturated rings. The average molecular weight is 706 g/mol. The molecule has 1 unspecified atom stereocenters. The predicted octanol–water partition coefficient (Wildman–Crippen LogP) is 4.67. The third-order valence-electron chi connectivity index (χ3n) is 8.84. The van der Waals surface area contributed by atoms with Crippen LogP contribution in [-0.4, -0.2) is 83.1 Å². The van der Waals surface area contributed by atoms with E-state index in [-0.39, 0.29) is 23.9 Å². The van der Waals surface area contributed by atoms with Gasteiger partial charge < -0.3 is 30.3 Å². The maximum absolute atomic E-state index is 12.1. The number of methoxy groups -OCH3 is 2. The zero-order valence-corrected chi connectivity index (χ0v) is 29.1. The van der Waals surface area contributed by atoms with Crippen molar-refractivity contribution in [2.75, 3.05) is 34.4 Å². The standard InChI is InChI=1S/C35H38Cl2N8O4/c1-45-13-12-20(14-31(45)47)39-19-29-35(49-3)44-27(18-41-29)25-9-5-7-23(33(25)37)22-6-4-8-24(32(22)36)26-17-40-28(34(43-26)48-2)16-38-15-21-10-11-30(46)42-21/h4-9,17-18,20-21,38-39H,10-16,19H2,1-3H3,(H,42,46)/t20?,21-/m0/s1. The molecule has 2 saturated heterocycles. The van der Waals surface area contributed by atoms with Crippen LogP contribution in [0.5, 0.6) is 11.8 Å². The highest BCUT2D eigenvalue weighted by Crippen LogP contribution is 2.42. The number of aromatic nitrogens is 4. The number of benzene rings is 2. The first-order chi connectivity index (χ1) is 23.7. The number of hydrogen-bond acceptors (Lipinski definition) is 10. The van der Waals surface area contributed by atoms with Crippen molar-refractivity contribution in [3.63, 3.8) is 0 Å². The van der Waals surface area contributed by atoms with Crippen molar-refractivity contribution < 1.29 is 19.1 Å². The van der Waals surface area contributed by atoms with Gasteiger partial charge in [-0.15, -0.1) is 0 Å². The zero-order chi connectivity index (χ0) is 34.5. The van der Waals surface area contributed by atoms with E-state index >= 15 is 0 Å². The Balaban J connectivity index is 1.21. The molecule has 0 radical (unpaired) electrons. The molecule has 0 spiro atoms. The van der Waals surface area contributed by atoms with Crippen LogP contribution in [0.3, 0.4) is 0 Å². The monoisotopic (exact) mass is 704 g/mol. The second kappa shape index (κ2) is 15.5. The maximum Gasteiger partial charge on any atom is 0.237 e. The molecule has 4 aromatic rings. The second-order valence-electron chi connectivity index (χ2n) is 12.1. The Kier molecular flexibility index (Phi) is 10.9. The highest BCUT2D eigenvalue weighted by Gasteiger charge is 2.24. The van der Waals surface area contributed by atoms with Crippen LogP contribution in [0.1, 0.15) is 37.1 Å². The molecule has 2 atom stereocenters. The molecular formula is C35H38Cl2N8O4. The lowest BCUT2D eigenvalue weighted by molar-refractivity contribution is -0.132. The lowest BCUT2D eigenvalue weighted by Crippen LogP contribution is -2.44. The van der Waals surface area contributed by atoms with Crippen molar-refractivity contribution in [3.05, 3.63) is 70.2 Å². The van der Waals surface area contributed by atoms with Gasteiger partial charge in [-0.2, -0.15) is 0 Å². The van der Waals surface area contributed by atoms with E-state index in [1.54, 1.807) is 31.5 Å². The number of ether oxygens (including phenoxy) is 2. The Labute approximate surface area is 295 Å². The number of carbonyl (C=O) groups excluding carboxylic acids is 2. The quantitative estimate of drug-likeness (QED) is 0.190. The first-order valence-electron chi connectivity index (χ1n) is 16.1. The van der Waals surface area contributed by atoms with Crippen molar-refractivity contribution in [1.82, 2.24) is 40.8 Å². The Hall–Kier alpha value is -4.36. The third-order valence-corrected chi connectivity index (χ3v) is 9.65. The van der Waals surface area contributed by atoms with E-state index < -0.39 is 0 Å². The largest absolute Gasteiger partial charge is 0.480 e. The van der Waals surface area contributed by atoms with E-state index in [1.807, 2.05) is 43.4 Å². The highest BCUT2D eigenvalue weighted by molar-refractivity contribution is 6.39. The smallest absolute Gasteiger partial charge is 0.237 e. The first-order valence-corrected chi connectivity index (χ1v) is 16.9. The van der Waals surface area contributed by atoms with Crippen LogP contribution < -0.4 is 25.4 Å². The summed E-state index contributed by atoms with van der Waals surface area (Å²) < 4.78 is 11.2. The molecule has 2 aliphatic heterocycles. The summed E-state index contributed by atoms with van der Waals surface area (Å²) in [5.74, 6) is 0.964. The fourth-order valence-electron chi connectivity index (χ4n) is 6.05. The van der Waals surface area contributed by atoms with Gasteiger partial charge in [0.25, 0.3) is 0 Å². The summed E-state index contributed by atoms with van der Waals surface area (Å²) in [4.78, 5) is 44.1. The summed E-state index contributed by atoms with van der Waals surface area (Å²) in [5.41, 5.74) is 5.15. The van der Waals surface area contributed by atoms with Gasteiger partial charge in [0, 0.05) is 80.4 Å². The van der Waals surface area contributed by atoms with E-state index in [0.717, 1.165) is 19.4 Å². The minimum absolute atomic E-state index is 0.0709. The van der Waals surface area contributed by atoms with Gasteiger partial charge in [-0.1, -0.05) is 59.6 Å². The number of nitrogens with zero attached hydrogens (tertiary/aromatic N) is 5. The fourth-order valence-corrected chi connectivity index (χ4v) is 6.70. The van der Waals surface area contributed by atoms with E-state index in [1.165, 1.54) is 0 Å². The Bertz CT molecular complexity index is 1860. The normalized spacial score (nSPS) is 17.7. The molecule has 3 N–H and O–H groups in total. The van der Waals surface area contributed by atoms with Crippen LogP contribution in [0.4, 0.5) is 0 Å². The minimum atomic E-state index is 0.0709. The molecular weight excluding hydrogens is 667 g/mol. The molecule has 6 rings (SSSR count). The average Bonchev–Trinajstić information content (AvgIpc) is 3.53. The lowest BCUT2D eigenvalue weighted by atomic mass is 9.98. The van der Waals surface area contributed by atoms with Crippen molar-refractivity contribution in [1.29, 1.82) is 0 Å².